The third kappa shape index (κ3) is 4.37. The second-order valence-electron chi connectivity index (χ2n) is 5.05. The van der Waals surface area contributed by atoms with Crippen LogP contribution in [0.5, 0.6) is 0 Å². The summed E-state index contributed by atoms with van der Waals surface area (Å²) in [5, 5.41) is 2.50. The first-order valence-electron chi connectivity index (χ1n) is 6.85. The van der Waals surface area contributed by atoms with Crippen molar-refractivity contribution < 1.29 is 17.6 Å². The van der Waals surface area contributed by atoms with Crippen LogP contribution in [0.25, 0.3) is 0 Å². The molecule has 6 nitrogen and oxygen atoms in total. The van der Waals surface area contributed by atoms with Gasteiger partial charge in [0.15, 0.2) is 0 Å². The van der Waals surface area contributed by atoms with Crippen LogP contribution in [0, 0.1) is 12.7 Å². The lowest BCUT2D eigenvalue weighted by atomic mass is 10.3. The summed E-state index contributed by atoms with van der Waals surface area (Å²) in [6, 6.07) is 8.66. The number of likely N-dealkylation sites (N-methyl/N-ethyl adjacent to an activating group) is 1. The van der Waals surface area contributed by atoms with Gasteiger partial charge in [-0.3, -0.25) is 4.79 Å². The summed E-state index contributed by atoms with van der Waals surface area (Å²) in [5.41, 5.74) is 0.713. The highest BCUT2D eigenvalue weighted by atomic mass is 79.9. The molecule has 0 spiro atoms. The summed E-state index contributed by atoms with van der Waals surface area (Å²) in [6.07, 6.45) is 0. The van der Waals surface area contributed by atoms with Crippen LogP contribution in [0.1, 0.15) is 5.69 Å². The Morgan fingerprint density at radius 2 is 2.04 bits per heavy atom. The van der Waals surface area contributed by atoms with E-state index in [4.69, 9.17) is 0 Å². The summed E-state index contributed by atoms with van der Waals surface area (Å²) in [5.74, 6) is -1.14. The molecule has 0 aliphatic carbocycles. The second kappa shape index (κ2) is 7.37. The number of hydrogen-bond acceptors (Lipinski definition) is 4. The van der Waals surface area contributed by atoms with Crippen LogP contribution in [0.15, 0.2) is 45.8 Å². The molecule has 1 aromatic heterocycles. The number of hydrogen-bond donors (Lipinski definition) is 1. The molecule has 0 aliphatic heterocycles. The maximum Gasteiger partial charge on any atom is 0.246 e. The Balaban J connectivity index is 2.14. The minimum Gasteiger partial charge on any atom is -0.310 e. The smallest absolute Gasteiger partial charge is 0.246 e. The van der Waals surface area contributed by atoms with Crippen molar-refractivity contribution in [3.63, 3.8) is 0 Å². The van der Waals surface area contributed by atoms with Gasteiger partial charge in [-0.2, -0.15) is 4.31 Å². The molecule has 0 atom stereocenters. The Morgan fingerprint density at radius 3 is 2.71 bits per heavy atom. The van der Waals surface area contributed by atoms with Gasteiger partial charge < -0.3 is 5.32 Å². The van der Waals surface area contributed by atoms with Crippen LogP contribution >= 0.6 is 15.9 Å². The Kier molecular flexibility index (Phi) is 5.68. The first kappa shape index (κ1) is 18.5. The summed E-state index contributed by atoms with van der Waals surface area (Å²) in [6.45, 7) is 1.30. The number of aryl methyl sites for hydroxylation is 1. The molecule has 9 heteroatoms. The fourth-order valence-corrected chi connectivity index (χ4v) is 3.65. The third-order valence-electron chi connectivity index (χ3n) is 3.10. The highest BCUT2D eigenvalue weighted by Gasteiger charge is 2.26. The van der Waals surface area contributed by atoms with Gasteiger partial charge in [-0.1, -0.05) is 22.0 Å². The van der Waals surface area contributed by atoms with Gasteiger partial charge in [-0.15, -0.1) is 0 Å². The molecule has 0 unspecified atom stereocenters. The van der Waals surface area contributed by atoms with E-state index in [1.165, 1.54) is 13.1 Å². The topological polar surface area (TPSA) is 79.4 Å². The summed E-state index contributed by atoms with van der Waals surface area (Å²) < 4.78 is 39.9. The van der Waals surface area contributed by atoms with Crippen molar-refractivity contribution in [1.29, 1.82) is 0 Å². The SMILES string of the molecule is Cc1cccc(NC(=O)CN(C)S(=O)(=O)c2cc(Br)ccc2F)n1. The number of carbonyl (C=O) groups is 1. The lowest BCUT2D eigenvalue weighted by Crippen LogP contribution is -2.35. The summed E-state index contributed by atoms with van der Waals surface area (Å²) in [7, 11) is -2.93. The number of halogens is 2. The number of pyridine rings is 1. The number of anilines is 1. The first-order chi connectivity index (χ1) is 11.2. The van der Waals surface area contributed by atoms with Crippen molar-refractivity contribution in [3.05, 3.63) is 52.4 Å². The number of aromatic nitrogens is 1. The number of sulfonamides is 1. The first-order valence-corrected chi connectivity index (χ1v) is 9.08. The molecule has 1 heterocycles. The van der Waals surface area contributed by atoms with E-state index in [-0.39, 0.29) is 0 Å². The molecule has 0 fully saturated rings. The number of amides is 1. The average Bonchev–Trinajstić information content (AvgIpc) is 2.49. The molecule has 2 rings (SSSR count). The van der Waals surface area contributed by atoms with E-state index in [9.17, 15) is 17.6 Å². The number of nitrogens with one attached hydrogen (secondary N) is 1. The lowest BCUT2D eigenvalue weighted by Gasteiger charge is -2.17. The Hall–Kier alpha value is -1.84. The van der Waals surface area contributed by atoms with E-state index < -0.39 is 33.2 Å². The molecule has 0 saturated heterocycles. The maximum atomic E-state index is 13.8. The fraction of sp³-hybridized carbons (Fsp3) is 0.200. The zero-order chi connectivity index (χ0) is 17.9. The molecule has 24 heavy (non-hydrogen) atoms. The van der Waals surface area contributed by atoms with Gasteiger partial charge in [0.1, 0.15) is 16.5 Å². The van der Waals surface area contributed by atoms with Gasteiger partial charge in [-0.05, 0) is 37.3 Å². The minimum absolute atomic E-state index is 0.319. The zero-order valence-corrected chi connectivity index (χ0v) is 15.4. The molecule has 1 aromatic carbocycles. The van der Waals surface area contributed by atoms with Crippen LogP contribution in [0.4, 0.5) is 10.2 Å². The van der Waals surface area contributed by atoms with E-state index in [0.29, 0.717) is 16.0 Å². The number of carbonyl (C=O) groups excluding carboxylic acids is 1. The third-order valence-corrected chi connectivity index (χ3v) is 5.42. The molecule has 1 N–H and O–H groups in total. The van der Waals surface area contributed by atoms with Gasteiger partial charge >= 0.3 is 0 Å². The summed E-state index contributed by atoms with van der Waals surface area (Å²) in [4.78, 5) is 15.6. The second-order valence-corrected chi connectivity index (χ2v) is 7.98. The molecule has 2 aromatic rings. The molecular formula is C15H15BrFN3O3S. The molecule has 0 saturated carbocycles. The van der Waals surface area contributed by atoms with Crippen molar-refractivity contribution in [2.45, 2.75) is 11.8 Å². The van der Waals surface area contributed by atoms with Crippen molar-refractivity contribution in [1.82, 2.24) is 9.29 Å². The Bertz CT molecular complexity index is 874. The highest BCUT2D eigenvalue weighted by molar-refractivity contribution is 9.10. The minimum atomic E-state index is -4.14. The van der Waals surface area contributed by atoms with Crippen molar-refractivity contribution in [2.75, 3.05) is 18.9 Å². The van der Waals surface area contributed by atoms with Crippen molar-refractivity contribution in [3.8, 4) is 0 Å². The van der Waals surface area contributed by atoms with Gasteiger partial charge in [0, 0.05) is 17.2 Å². The van der Waals surface area contributed by atoms with E-state index in [1.54, 1.807) is 25.1 Å². The molecule has 0 radical (unpaired) electrons. The molecular weight excluding hydrogens is 401 g/mol. The normalized spacial score (nSPS) is 11.5. The Labute approximate surface area is 147 Å². The largest absolute Gasteiger partial charge is 0.310 e. The van der Waals surface area contributed by atoms with E-state index in [0.717, 1.165) is 16.4 Å². The van der Waals surface area contributed by atoms with E-state index in [2.05, 4.69) is 26.2 Å². The van der Waals surface area contributed by atoms with Crippen LogP contribution < -0.4 is 5.32 Å². The monoisotopic (exact) mass is 415 g/mol. The molecule has 128 valence electrons. The fourth-order valence-electron chi connectivity index (χ4n) is 1.93. The lowest BCUT2D eigenvalue weighted by molar-refractivity contribution is -0.116. The van der Waals surface area contributed by atoms with Crippen molar-refractivity contribution in [2.24, 2.45) is 0 Å². The van der Waals surface area contributed by atoms with E-state index in [1.807, 2.05) is 0 Å². The zero-order valence-electron chi connectivity index (χ0n) is 13.0. The number of benzene rings is 1. The average molecular weight is 416 g/mol. The Morgan fingerprint density at radius 1 is 1.33 bits per heavy atom. The highest BCUT2D eigenvalue weighted by Crippen LogP contribution is 2.22. The van der Waals surface area contributed by atoms with Gasteiger partial charge in [-0.25, -0.2) is 17.8 Å². The standard InChI is InChI=1S/C15H15BrFN3O3S/c1-10-4-3-5-14(18-10)19-15(21)9-20(2)24(22,23)13-8-11(16)6-7-12(13)17/h3-8H,9H2,1-2H3,(H,18,19,21). The van der Waals surface area contributed by atoms with Crippen LogP contribution in [-0.2, 0) is 14.8 Å². The maximum absolute atomic E-state index is 13.8. The van der Waals surface area contributed by atoms with Crippen LogP contribution in [-0.4, -0.2) is 37.2 Å². The van der Waals surface area contributed by atoms with Gasteiger partial charge in [0.2, 0.25) is 15.9 Å². The number of nitrogens with zero attached hydrogens (tertiary/aromatic N) is 2. The molecule has 0 bridgehead atoms. The molecule has 1 amide bonds. The molecule has 0 aliphatic rings. The predicted octanol–water partition coefficient (Wildman–Crippen LogP) is 2.55. The van der Waals surface area contributed by atoms with Crippen LogP contribution in [0.2, 0.25) is 0 Å². The van der Waals surface area contributed by atoms with E-state index >= 15 is 0 Å². The van der Waals surface area contributed by atoms with Crippen molar-refractivity contribution >= 4 is 37.7 Å². The summed E-state index contributed by atoms with van der Waals surface area (Å²) >= 11 is 3.10. The van der Waals surface area contributed by atoms with Gasteiger partial charge in [0.05, 0.1) is 6.54 Å². The quantitative estimate of drug-likeness (QED) is 0.813. The van der Waals surface area contributed by atoms with Crippen LogP contribution in [0.3, 0.4) is 0 Å². The number of rotatable bonds is 5. The predicted molar refractivity (Wildman–Crippen MR) is 91.5 cm³/mol. The van der Waals surface area contributed by atoms with Gasteiger partial charge in [0.25, 0.3) is 0 Å².